The summed E-state index contributed by atoms with van der Waals surface area (Å²) in [6, 6.07) is 12.9. The zero-order valence-corrected chi connectivity index (χ0v) is 22.8. The minimum atomic E-state index is -1.13. The van der Waals surface area contributed by atoms with Gasteiger partial charge in [-0.05, 0) is 50.1 Å². The van der Waals surface area contributed by atoms with Crippen molar-refractivity contribution in [1.82, 2.24) is 24.9 Å². The Morgan fingerprint density at radius 3 is 2.66 bits per heavy atom. The van der Waals surface area contributed by atoms with Crippen molar-refractivity contribution in [3.8, 4) is 11.5 Å². The molecule has 6 rings (SSSR count). The van der Waals surface area contributed by atoms with Gasteiger partial charge in [-0.25, -0.2) is 4.68 Å². The van der Waals surface area contributed by atoms with E-state index in [1.807, 2.05) is 18.2 Å². The molecule has 2 atom stereocenters. The number of aromatic nitrogens is 4. The van der Waals surface area contributed by atoms with E-state index in [1.165, 1.54) is 16.5 Å². The third-order valence-electron chi connectivity index (χ3n) is 7.40. The molecule has 2 amide bonds. The van der Waals surface area contributed by atoms with Crippen molar-refractivity contribution in [2.45, 2.75) is 38.5 Å². The molecule has 0 aliphatic carbocycles. The van der Waals surface area contributed by atoms with Gasteiger partial charge in [0.05, 0.1) is 23.0 Å². The average molecular weight is 559 g/mol. The first-order valence-corrected chi connectivity index (χ1v) is 13.5. The van der Waals surface area contributed by atoms with Gasteiger partial charge in [-0.1, -0.05) is 17.3 Å². The van der Waals surface area contributed by atoms with Crippen LogP contribution in [0.2, 0.25) is 0 Å². The molecule has 0 saturated carbocycles. The van der Waals surface area contributed by atoms with Gasteiger partial charge in [-0.15, -0.1) is 5.10 Å². The quantitative estimate of drug-likeness (QED) is 0.311. The Morgan fingerprint density at radius 1 is 1.12 bits per heavy atom. The zero-order chi connectivity index (χ0) is 28.5. The molecule has 12 heteroatoms. The van der Waals surface area contributed by atoms with Crippen molar-refractivity contribution < 1.29 is 28.6 Å². The molecule has 1 N–H and O–H groups in total. The van der Waals surface area contributed by atoms with Crippen LogP contribution in [0, 0.1) is 0 Å². The molecule has 2 aliphatic heterocycles. The highest BCUT2D eigenvalue weighted by Gasteiger charge is 2.38. The van der Waals surface area contributed by atoms with Crippen LogP contribution in [0.15, 0.2) is 54.7 Å². The normalized spacial score (nSPS) is 16.6. The second-order valence-electron chi connectivity index (χ2n) is 10.1. The second-order valence-corrected chi connectivity index (χ2v) is 10.1. The van der Waals surface area contributed by atoms with Crippen molar-refractivity contribution in [3.05, 3.63) is 66.0 Å². The summed E-state index contributed by atoms with van der Waals surface area (Å²) in [5.41, 5.74) is 2.30. The third kappa shape index (κ3) is 5.13. The zero-order valence-electron chi connectivity index (χ0n) is 22.8. The molecule has 12 nitrogen and oxygen atoms in total. The Kier molecular flexibility index (Phi) is 7.14. The highest BCUT2D eigenvalue weighted by Crippen LogP contribution is 2.41. The molecule has 0 bridgehead atoms. The number of carbonyl (C=O) groups is 3. The first-order valence-electron chi connectivity index (χ1n) is 13.5. The predicted molar refractivity (Wildman–Crippen MR) is 148 cm³/mol. The highest BCUT2D eigenvalue weighted by atomic mass is 16.7. The van der Waals surface area contributed by atoms with Crippen molar-refractivity contribution in [2.24, 2.45) is 7.05 Å². The number of anilines is 1. The molecular formula is C29H30N6O6. The van der Waals surface area contributed by atoms with Crippen molar-refractivity contribution in [3.63, 3.8) is 0 Å². The van der Waals surface area contributed by atoms with Crippen LogP contribution in [0.3, 0.4) is 0 Å². The summed E-state index contributed by atoms with van der Waals surface area (Å²) in [6.45, 7) is 2.11. The largest absolute Gasteiger partial charge is 0.454 e. The standard InChI is InChI=1S/C29H30N6O6/c1-18(36)20-13-25-26(41-17-40-25)14-24(20)35(27(37)16-34-22-9-4-3-8-21(22)31-32-34)28(23-10-5-11-33(23)2)29(38)30-15-19-7-6-12-39-19/h3-5,8-11,13-14,19,28H,6-7,12,15-17H2,1-2H3,(H,30,38). The molecule has 0 spiro atoms. The first-order chi connectivity index (χ1) is 19.9. The second kappa shape index (κ2) is 11.0. The highest BCUT2D eigenvalue weighted by molar-refractivity contribution is 6.08. The monoisotopic (exact) mass is 558 g/mol. The Hall–Kier alpha value is -4.71. The van der Waals surface area contributed by atoms with Gasteiger partial charge in [0, 0.05) is 38.0 Å². The molecule has 0 radical (unpaired) electrons. The summed E-state index contributed by atoms with van der Waals surface area (Å²) in [6.07, 6.45) is 3.47. The fraction of sp³-hybridized carbons (Fsp3) is 0.345. The Labute approximate surface area is 235 Å². The topological polar surface area (TPSA) is 130 Å². The molecule has 1 saturated heterocycles. The molecule has 212 valence electrons. The van der Waals surface area contributed by atoms with Gasteiger partial charge >= 0.3 is 0 Å². The van der Waals surface area contributed by atoms with Crippen LogP contribution in [-0.4, -0.2) is 63.2 Å². The van der Waals surface area contributed by atoms with Crippen molar-refractivity contribution >= 4 is 34.3 Å². The summed E-state index contributed by atoms with van der Waals surface area (Å²) in [5, 5.41) is 11.3. The van der Waals surface area contributed by atoms with Crippen LogP contribution < -0.4 is 19.7 Å². The number of fused-ring (bicyclic) bond motifs is 2. The summed E-state index contributed by atoms with van der Waals surface area (Å²) < 4.78 is 20.1. The van der Waals surface area contributed by atoms with Crippen molar-refractivity contribution in [2.75, 3.05) is 24.8 Å². The first kappa shape index (κ1) is 26.5. The van der Waals surface area contributed by atoms with Gasteiger partial charge in [0.25, 0.3) is 0 Å². The van der Waals surface area contributed by atoms with E-state index < -0.39 is 17.9 Å². The Balaban J connectivity index is 1.47. The number of nitrogens with one attached hydrogen (secondary N) is 1. The number of para-hydroxylation sites is 1. The minimum Gasteiger partial charge on any atom is -0.454 e. The van der Waals surface area contributed by atoms with Gasteiger partial charge in [0.15, 0.2) is 23.3 Å². The number of nitrogens with zero attached hydrogens (tertiary/aromatic N) is 5. The number of ketones is 1. The number of hydrogen-bond donors (Lipinski definition) is 1. The van der Waals surface area contributed by atoms with Gasteiger partial charge in [-0.3, -0.25) is 19.3 Å². The predicted octanol–water partition coefficient (Wildman–Crippen LogP) is 2.77. The maximum absolute atomic E-state index is 14.4. The number of Topliss-reactive ketones (excluding diaryl/α,β-unsaturated/α-hetero) is 1. The average Bonchev–Trinajstić information content (AvgIpc) is 3.78. The molecule has 2 aromatic carbocycles. The number of aryl methyl sites for hydroxylation is 1. The molecule has 1 fully saturated rings. The van der Waals surface area contributed by atoms with Crippen LogP contribution in [0.5, 0.6) is 11.5 Å². The summed E-state index contributed by atoms with van der Waals surface area (Å²) >= 11 is 0. The van der Waals surface area contributed by atoms with E-state index >= 15 is 0 Å². The van der Waals surface area contributed by atoms with Crippen LogP contribution in [0.1, 0.15) is 41.9 Å². The SMILES string of the molecule is CC(=O)c1cc2c(cc1N(C(=O)Cn1nnc3ccccc31)C(C(=O)NCC1CCCO1)c1cccn1C)OCO2. The number of hydrogen-bond acceptors (Lipinski definition) is 8. The molecule has 41 heavy (non-hydrogen) atoms. The van der Waals surface area contributed by atoms with E-state index in [1.54, 1.807) is 48.1 Å². The molecule has 4 aromatic rings. The van der Waals surface area contributed by atoms with E-state index in [9.17, 15) is 14.4 Å². The summed E-state index contributed by atoms with van der Waals surface area (Å²) in [5.74, 6) is -0.411. The maximum atomic E-state index is 14.4. The number of amides is 2. The molecule has 2 aliphatic rings. The van der Waals surface area contributed by atoms with E-state index in [4.69, 9.17) is 14.2 Å². The molecule has 4 heterocycles. The summed E-state index contributed by atoms with van der Waals surface area (Å²) in [4.78, 5) is 42.7. The summed E-state index contributed by atoms with van der Waals surface area (Å²) in [7, 11) is 1.80. The third-order valence-corrected chi connectivity index (χ3v) is 7.40. The van der Waals surface area contributed by atoms with Crippen molar-refractivity contribution in [1.29, 1.82) is 0 Å². The van der Waals surface area contributed by atoms with Crippen LogP contribution in [0.25, 0.3) is 11.0 Å². The lowest BCUT2D eigenvalue weighted by Gasteiger charge is -2.33. The number of ether oxygens (including phenoxy) is 3. The maximum Gasteiger partial charge on any atom is 0.249 e. The van der Waals surface area contributed by atoms with E-state index in [0.717, 1.165) is 12.8 Å². The molecule has 2 aromatic heterocycles. The van der Waals surface area contributed by atoms with Gasteiger partial charge in [0.1, 0.15) is 12.1 Å². The smallest absolute Gasteiger partial charge is 0.249 e. The van der Waals surface area contributed by atoms with E-state index in [2.05, 4.69) is 15.6 Å². The lowest BCUT2D eigenvalue weighted by molar-refractivity contribution is -0.127. The number of rotatable bonds is 9. The fourth-order valence-corrected chi connectivity index (χ4v) is 5.33. The van der Waals surface area contributed by atoms with Gasteiger partial charge in [-0.2, -0.15) is 0 Å². The lowest BCUT2D eigenvalue weighted by atomic mass is 10.0. The number of carbonyl (C=O) groups excluding carboxylic acids is 3. The fourth-order valence-electron chi connectivity index (χ4n) is 5.33. The van der Waals surface area contributed by atoms with E-state index in [-0.39, 0.29) is 36.5 Å². The molecule has 2 unspecified atom stereocenters. The van der Waals surface area contributed by atoms with E-state index in [0.29, 0.717) is 41.4 Å². The van der Waals surface area contributed by atoms with Crippen LogP contribution >= 0.6 is 0 Å². The Bertz CT molecular complexity index is 1620. The number of benzene rings is 2. The van der Waals surface area contributed by atoms with Gasteiger partial charge in [0.2, 0.25) is 18.6 Å². The van der Waals surface area contributed by atoms with Crippen LogP contribution in [-0.2, 0) is 27.9 Å². The van der Waals surface area contributed by atoms with Gasteiger partial charge < -0.3 is 24.1 Å². The Morgan fingerprint density at radius 2 is 1.93 bits per heavy atom. The van der Waals surface area contributed by atoms with Crippen LogP contribution in [0.4, 0.5) is 5.69 Å². The lowest BCUT2D eigenvalue weighted by Crippen LogP contribution is -2.47. The minimum absolute atomic E-state index is 0.0157. The molecular weight excluding hydrogens is 528 g/mol.